The molecule has 0 aliphatic heterocycles. The number of pyridine rings is 1. The third-order valence-corrected chi connectivity index (χ3v) is 4.09. The number of rotatable bonds is 5. The Bertz CT molecular complexity index is 691. The molecule has 0 aliphatic carbocycles. The molecule has 20 heavy (non-hydrogen) atoms. The largest absolute Gasteiger partial charge is 0.264 e. The normalized spacial score (nSPS) is 11.5. The van der Waals surface area contributed by atoms with E-state index in [9.17, 15) is 17.2 Å². The number of hydrogen-bond acceptors (Lipinski definition) is 3. The number of nitrogens with one attached hydrogen (secondary N) is 1. The molecule has 1 heterocycles. The van der Waals surface area contributed by atoms with E-state index in [4.69, 9.17) is 0 Å². The summed E-state index contributed by atoms with van der Waals surface area (Å²) in [6.45, 7) is 0.146. The Hall–Kier alpha value is -1.86. The maximum Gasteiger partial charge on any atom is 0.240 e. The smallest absolute Gasteiger partial charge is 0.240 e. The third kappa shape index (κ3) is 3.58. The van der Waals surface area contributed by atoms with Crippen LogP contribution < -0.4 is 4.72 Å². The van der Waals surface area contributed by atoms with Crippen molar-refractivity contribution < 1.29 is 17.2 Å². The fraction of sp³-hybridized carbons (Fsp3) is 0.154. The van der Waals surface area contributed by atoms with Crippen LogP contribution >= 0.6 is 0 Å². The Morgan fingerprint density at radius 3 is 2.60 bits per heavy atom. The topological polar surface area (TPSA) is 59.1 Å². The Balaban J connectivity index is 2.02. The minimum absolute atomic E-state index is 0.146. The quantitative estimate of drug-likeness (QED) is 0.917. The summed E-state index contributed by atoms with van der Waals surface area (Å²) in [6, 6.07) is 6.02. The van der Waals surface area contributed by atoms with Crippen LogP contribution in [0.15, 0.2) is 47.6 Å². The molecule has 0 fully saturated rings. The van der Waals surface area contributed by atoms with Crippen molar-refractivity contribution >= 4 is 10.0 Å². The lowest BCUT2D eigenvalue weighted by Gasteiger charge is -2.07. The molecule has 7 heteroatoms. The zero-order valence-corrected chi connectivity index (χ0v) is 11.2. The lowest BCUT2D eigenvalue weighted by Crippen LogP contribution is -2.26. The van der Waals surface area contributed by atoms with Crippen LogP contribution in [0.3, 0.4) is 0 Å². The number of halogens is 2. The molecule has 106 valence electrons. The molecule has 0 saturated carbocycles. The summed E-state index contributed by atoms with van der Waals surface area (Å²) in [5.41, 5.74) is 0.875. The van der Waals surface area contributed by atoms with Crippen molar-refractivity contribution in [1.82, 2.24) is 9.71 Å². The first-order chi connectivity index (χ1) is 9.49. The molecule has 1 N–H and O–H groups in total. The number of sulfonamides is 1. The monoisotopic (exact) mass is 298 g/mol. The van der Waals surface area contributed by atoms with Crippen molar-refractivity contribution in [2.75, 3.05) is 6.54 Å². The molecule has 0 atom stereocenters. The van der Waals surface area contributed by atoms with Gasteiger partial charge < -0.3 is 0 Å². The molecule has 2 rings (SSSR count). The number of nitrogens with zero attached hydrogens (tertiary/aromatic N) is 1. The average Bonchev–Trinajstić information content (AvgIpc) is 2.43. The molecule has 0 unspecified atom stereocenters. The number of aromatic nitrogens is 1. The first-order valence-corrected chi connectivity index (χ1v) is 7.31. The van der Waals surface area contributed by atoms with Gasteiger partial charge in [0.25, 0.3) is 0 Å². The maximum atomic E-state index is 13.0. The average molecular weight is 298 g/mol. The molecule has 0 saturated heterocycles. The van der Waals surface area contributed by atoms with Gasteiger partial charge in [0.2, 0.25) is 10.0 Å². The first-order valence-electron chi connectivity index (χ1n) is 5.83. The Labute approximate surface area is 115 Å². The molecule has 1 aromatic carbocycles. The van der Waals surface area contributed by atoms with Gasteiger partial charge in [0.1, 0.15) is 0 Å². The van der Waals surface area contributed by atoms with E-state index in [1.807, 2.05) is 6.07 Å². The third-order valence-electron chi connectivity index (χ3n) is 2.63. The standard InChI is InChI=1S/C13H12F2N2O2S/c14-12-4-3-11(8-13(12)15)20(18,19)17-7-5-10-2-1-6-16-9-10/h1-4,6,8-9,17H,5,7H2. The predicted octanol–water partition coefficient (Wildman–Crippen LogP) is 1.88. The van der Waals surface area contributed by atoms with Gasteiger partial charge in [-0.3, -0.25) is 4.98 Å². The van der Waals surface area contributed by atoms with Crippen LogP contribution in [0.5, 0.6) is 0 Å². The van der Waals surface area contributed by atoms with Crippen molar-refractivity contribution in [3.05, 3.63) is 59.9 Å². The fourth-order valence-electron chi connectivity index (χ4n) is 1.60. The molecule has 1 aromatic heterocycles. The summed E-state index contributed by atoms with van der Waals surface area (Å²) in [7, 11) is -3.85. The minimum Gasteiger partial charge on any atom is -0.264 e. The second-order valence-electron chi connectivity index (χ2n) is 4.08. The summed E-state index contributed by atoms with van der Waals surface area (Å²) >= 11 is 0. The van der Waals surface area contributed by atoms with E-state index in [0.717, 1.165) is 17.7 Å². The van der Waals surface area contributed by atoms with Gasteiger partial charge in [0, 0.05) is 18.9 Å². The molecule has 0 bridgehead atoms. The van der Waals surface area contributed by atoms with Gasteiger partial charge in [-0.15, -0.1) is 0 Å². The first kappa shape index (κ1) is 14.5. The van der Waals surface area contributed by atoms with Crippen molar-refractivity contribution in [3.8, 4) is 0 Å². The Kier molecular flexibility index (Phi) is 4.41. The van der Waals surface area contributed by atoms with Crippen molar-refractivity contribution in [2.45, 2.75) is 11.3 Å². The van der Waals surface area contributed by atoms with E-state index in [2.05, 4.69) is 9.71 Å². The van der Waals surface area contributed by atoms with Crippen LogP contribution in [0.25, 0.3) is 0 Å². The molecule has 4 nitrogen and oxygen atoms in total. The van der Waals surface area contributed by atoms with Crippen molar-refractivity contribution in [2.24, 2.45) is 0 Å². The fourth-order valence-corrected chi connectivity index (χ4v) is 2.65. The highest BCUT2D eigenvalue weighted by molar-refractivity contribution is 7.89. The van der Waals surface area contributed by atoms with Gasteiger partial charge in [-0.05, 0) is 36.2 Å². The molecule has 0 amide bonds. The van der Waals surface area contributed by atoms with E-state index in [0.29, 0.717) is 12.5 Å². The highest BCUT2D eigenvalue weighted by Gasteiger charge is 2.15. The molecular weight excluding hydrogens is 286 g/mol. The van der Waals surface area contributed by atoms with Crippen LogP contribution in [0.2, 0.25) is 0 Å². The molecule has 0 radical (unpaired) electrons. The highest BCUT2D eigenvalue weighted by Crippen LogP contribution is 2.13. The Morgan fingerprint density at radius 1 is 1.15 bits per heavy atom. The second kappa shape index (κ2) is 6.06. The summed E-state index contributed by atoms with van der Waals surface area (Å²) in [5.74, 6) is -2.28. The van der Waals surface area contributed by atoms with Gasteiger partial charge in [-0.1, -0.05) is 6.07 Å². The van der Waals surface area contributed by atoms with E-state index < -0.39 is 21.7 Å². The van der Waals surface area contributed by atoms with Crippen LogP contribution in [0.4, 0.5) is 8.78 Å². The van der Waals surface area contributed by atoms with E-state index in [1.54, 1.807) is 18.5 Å². The summed E-state index contributed by atoms with van der Waals surface area (Å²) < 4.78 is 51.9. The van der Waals surface area contributed by atoms with Gasteiger partial charge in [-0.25, -0.2) is 21.9 Å². The van der Waals surface area contributed by atoms with Gasteiger partial charge >= 0.3 is 0 Å². The van der Waals surface area contributed by atoms with Crippen LogP contribution in [-0.2, 0) is 16.4 Å². The Morgan fingerprint density at radius 2 is 1.95 bits per heavy atom. The highest BCUT2D eigenvalue weighted by atomic mass is 32.2. The van der Waals surface area contributed by atoms with Crippen LogP contribution in [0.1, 0.15) is 5.56 Å². The second-order valence-corrected chi connectivity index (χ2v) is 5.85. The van der Waals surface area contributed by atoms with Gasteiger partial charge in [-0.2, -0.15) is 0 Å². The van der Waals surface area contributed by atoms with Gasteiger partial charge in [0.15, 0.2) is 11.6 Å². The summed E-state index contributed by atoms with van der Waals surface area (Å²) in [5, 5.41) is 0. The van der Waals surface area contributed by atoms with Crippen molar-refractivity contribution in [3.63, 3.8) is 0 Å². The van der Waals surface area contributed by atoms with Crippen molar-refractivity contribution in [1.29, 1.82) is 0 Å². The minimum atomic E-state index is -3.85. The van der Waals surface area contributed by atoms with Crippen LogP contribution in [-0.4, -0.2) is 19.9 Å². The number of benzene rings is 1. The lowest BCUT2D eigenvalue weighted by atomic mass is 10.2. The van der Waals surface area contributed by atoms with E-state index >= 15 is 0 Å². The molecule has 0 aliphatic rings. The molecular formula is C13H12F2N2O2S. The van der Waals surface area contributed by atoms with E-state index in [1.165, 1.54) is 0 Å². The zero-order chi connectivity index (χ0) is 14.6. The number of hydrogen-bond donors (Lipinski definition) is 1. The zero-order valence-electron chi connectivity index (χ0n) is 10.4. The van der Waals surface area contributed by atoms with Gasteiger partial charge in [0.05, 0.1) is 4.90 Å². The van der Waals surface area contributed by atoms with Crippen LogP contribution in [0, 0.1) is 11.6 Å². The summed E-state index contributed by atoms with van der Waals surface area (Å²) in [6.07, 6.45) is 3.71. The lowest BCUT2D eigenvalue weighted by molar-refractivity contribution is 0.504. The summed E-state index contributed by atoms with van der Waals surface area (Å²) in [4.78, 5) is 3.61. The molecule has 2 aromatic rings. The predicted molar refractivity (Wildman–Crippen MR) is 69.5 cm³/mol. The van der Waals surface area contributed by atoms with E-state index in [-0.39, 0.29) is 11.4 Å². The maximum absolute atomic E-state index is 13.0. The molecule has 0 spiro atoms. The SMILES string of the molecule is O=S(=O)(NCCc1cccnc1)c1ccc(F)c(F)c1.